The molecule has 30 heavy (non-hydrogen) atoms. The van der Waals surface area contributed by atoms with Gasteiger partial charge < -0.3 is 14.8 Å². The summed E-state index contributed by atoms with van der Waals surface area (Å²) in [6.45, 7) is -0.249. The van der Waals surface area contributed by atoms with E-state index in [2.05, 4.69) is 5.32 Å². The average molecular weight is 436 g/mol. The van der Waals surface area contributed by atoms with Crippen molar-refractivity contribution in [2.24, 2.45) is 5.41 Å². The van der Waals surface area contributed by atoms with Crippen molar-refractivity contribution in [1.29, 1.82) is 0 Å². The number of ketones is 1. The molecule has 3 aliphatic rings. The van der Waals surface area contributed by atoms with Crippen LogP contribution in [0, 0.1) is 17.0 Å². The number of amides is 1. The van der Waals surface area contributed by atoms with Gasteiger partial charge in [-0.15, -0.1) is 0 Å². The van der Waals surface area contributed by atoms with Crippen LogP contribution in [-0.2, 0) is 4.79 Å². The van der Waals surface area contributed by atoms with Gasteiger partial charge >= 0.3 is 0 Å². The largest absolute Gasteiger partial charge is 0.496 e. The second-order valence-corrected chi connectivity index (χ2v) is 8.55. The fourth-order valence-corrected chi connectivity index (χ4v) is 4.86. The number of nitrogens with one attached hydrogen (secondary N) is 1. The van der Waals surface area contributed by atoms with Gasteiger partial charge in [0.15, 0.2) is 12.4 Å². The van der Waals surface area contributed by atoms with Gasteiger partial charge in [0, 0.05) is 18.0 Å². The first kappa shape index (κ1) is 20.6. The number of carbonyl (C=O) groups excluding carboxylic acids is 2. The Morgan fingerprint density at radius 3 is 2.53 bits per heavy atom. The van der Waals surface area contributed by atoms with Gasteiger partial charge in [-0.25, -0.2) is 8.78 Å². The summed E-state index contributed by atoms with van der Waals surface area (Å²) in [5.74, 6) is -1.38. The number of Topliss-reactive ketones (excluding diaryl/α,β-unsaturated/α-hetero) is 1. The van der Waals surface area contributed by atoms with E-state index in [1.54, 1.807) is 6.07 Å². The summed E-state index contributed by atoms with van der Waals surface area (Å²) in [6, 6.07) is 8.26. The number of carbonyl (C=O) groups is 2. The second kappa shape index (κ2) is 7.54. The standard InChI is InChI=1S/C22H20ClF2NO4/c1-29-18-4-2-3-15(24)20(18)17(27)8-21-10-22(11-21,12-21)26-19(28)9-30-13-5-6-14(23)16(25)7-13/h2-7H,8-12H2,1H3,(H,26,28). The first-order valence-electron chi connectivity index (χ1n) is 9.49. The van der Waals surface area contributed by atoms with E-state index >= 15 is 0 Å². The topological polar surface area (TPSA) is 64.6 Å². The lowest BCUT2D eigenvalue weighted by molar-refractivity contribution is -0.164. The molecule has 0 saturated heterocycles. The van der Waals surface area contributed by atoms with Crippen LogP contribution in [0.5, 0.6) is 11.5 Å². The maximum atomic E-state index is 14.1. The van der Waals surface area contributed by atoms with Crippen LogP contribution in [0.2, 0.25) is 5.02 Å². The summed E-state index contributed by atoms with van der Waals surface area (Å²) >= 11 is 5.61. The summed E-state index contributed by atoms with van der Waals surface area (Å²) in [5.41, 5.74) is -0.574. The summed E-state index contributed by atoms with van der Waals surface area (Å²) in [6.07, 6.45) is 2.18. The number of halogens is 3. The molecule has 2 aromatic rings. The number of rotatable bonds is 8. The van der Waals surface area contributed by atoms with Crippen LogP contribution in [0.3, 0.4) is 0 Å². The molecule has 5 rings (SSSR count). The van der Waals surface area contributed by atoms with E-state index in [-0.39, 0.29) is 57.8 Å². The Morgan fingerprint density at radius 1 is 1.13 bits per heavy atom. The molecule has 3 saturated carbocycles. The number of benzene rings is 2. The number of hydrogen-bond acceptors (Lipinski definition) is 4. The molecule has 3 fully saturated rings. The minimum Gasteiger partial charge on any atom is -0.496 e. The van der Waals surface area contributed by atoms with Gasteiger partial charge in [0.05, 0.1) is 17.7 Å². The van der Waals surface area contributed by atoms with E-state index in [9.17, 15) is 18.4 Å². The van der Waals surface area contributed by atoms with Crippen molar-refractivity contribution in [3.05, 3.63) is 58.6 Å². The van der Waals surface area contributed by atoms with Gasteiger partial charge in [0.2, 0.25) is 0 Å². The maximum Gasteiger partial charge on any atom is 0.258 e. The predicted octanol–water partition coefficient (Wildman–Crippen LogP) is 4.32. The number of ether oxygens (including phenoxy) is 2. The van der Waals surface area contributed by atoms with Gasteiger partial charge in [-0.05, 0) is 48.9 Å². The first-order chi connectivity index (χ1) is 14.2. The maximum absolute atomic E-state index is 14.1. The fourth-order valence-electron chi connectivity index (χ4n) is 4.74. The quantitative estimate of drug-likeness (QED) is 0.627. The summed E-state index contributed by atoms with van der Waals surface area (Å²) in [5, 5.41) is 2.91. The Bertz CT molecular complexity index is 1010. The van der Waals surface area contributed by atoms with Crippen molar-refractivity contribution in [3.8, 4) is 11.5 Å². The third kappa shape index (κ3) is 3.74. The zero-order chi connectivity index (χ0) is 21.5. The van der Waals surface area contributed by atoms with Gasteiger partial charge in [-0.1, -0.05) is 17.7 Å². The zero-order valence-corrected chi connectivity index (χ0v) is 17.0. The van der Waals surface area contributed by atoms with Gasteiger partial charge in [-0.2, -0.15) is 0 Å². The summed E-state index contributed by atoms with van der Waals surface area (Å²) in [7, 11) is 1.40. The molecule has 2 aromatic carbocycles. The van der Waals surface area contributed by atoms with Gasteiger partial charge in [-0.3, -0.25) is 9.59 Å². The highest BCUT2D eigenvalue weighted by molar-refractivity contribution is 6.30. The summed E-state index contributed by atoms with van der Waals surface area (Å²) < 4.78 is 37.9. The van der Waals surface area contributed by atoms with E-state index in [4.69, 9.17) is 21.1 Å². The molecule has 0 aliphatic heterocycles. The molecule has 2 bridgehead atoms. The molecule has 0 atom stereocenters. The first-order valence-corrected chi connectivity index (χ1v) is 9.87. The van der Waals surface area contributed by atoms with Crippen LogP contribution >= 0.6 is 11.6 Å². The van der Waals surface area contributed by atoms with Crippen LogP contribution in [-0.4, -0.2) is 30.9 Å². The van der Waals surface area contributed by atoms with E-state index < -0.39 is 11.6 Å². The highest BCUT2D eigenvalue weighted by Gasteiger charge is 2.68. The Morgan fingerprint density at radius 2 is 1.87 bits per heavy atom. The molecule has 3 aliphatic carbocycles. The van der Waals surface area contributed by atoms with Crippen molar-refractivity contribution >= 4 is 23.3 Å². The Balaban J connectivity index is 1.28. The van der Waals surface area contributed by atoms with E-state index in [1.807, 2.05) is 0 Å². The van der Waals surface area contributed by atoms with Crippen LogP contribution in [0.15, 0.2) is 36.4 Å². The normalized spacial score (nSPS) is 23.7. The lowest BCUT2D eigenvalue weighted by Gasteiger charge is -2.70. The average Bonchev–Trinajstić information content (AvgIpc) is 2.65. The van der Waals surface area contributed by atoms with Crippen molar-refractivity contribution in [2.45, 2.75) is 31.2 Å². The fraction of sp³-hybridized carbons (Fsp3) is 0.364. The molecule has 0 aromatic heterocycles. The number of methoxy groups -OCH3 is 1. The Labute approximate surface area is 177 Å². The smallest absolute Gasteiger partial charge is 0.258 e. The molecule has 158 valence electrons. The third-order valence-corrected chi connectivity index (χ3v) is 6.12. The van der Waals surface area contributed by atoms with Crippen LogP contribution in [0.1, 0.15) is 36.0 Å². The van der Waals surface area contributed by atoms with Gasteiger partial charge in [0.1, 0.15) is 23.1 Å². The molecule has 5 nitrogen and oxygen atoms in total. The molecule has 0 spiro atoms. The SMILES string of the molecule is COc1cccc(F)c1C(=O)CC12CC(NC(=O)COc3ccc(Cl)c(F)c3)(C1)C2. The van der Waals surface area contributed by atoms with Crippen LogP contribution in [0.4, 0.5) is 8.78 Å². The van der Waals surface area contributed by atoms with Crippen molar-refractivity contribution in [3.63, 3.8) is 0 Å². The lowest BCUT2D eigenvalue weighted by Crippen LogP contribution is -2.75. The predicted molar refractivity (Wildman–Crippen MR) is 106 cm³/mol. The molecule has 1 amide bonds. The van der Waals surface area contributed by atoms with E-state index in [0.717, 1.165) is 6.07 Å². The second-order valence-electron chi connectivity index (χ2n) is 8.14. The molecular weight excluding hydrogens is 416 g/mol. The highest BCUT2D eigenvalue weighted by Crippen LogP contribution is 2.69. The highest BCUT2D eigenvalue weighted by atomic mass is 35.5. The van der Waals surface area contributed by atoms with Crippen molar-refractivity contribution < 1.29 is 27.8 Å². The molecule has 0 heterocycles. The van der Waals surface area contributed by atoms with Crippen LogP contribution in [0.25, 0.3) is 0 Å². The summed E-state index contributed by atoms with van der Waals surface area (Å²) in [4.78, 5) is 24.8. The molecule has 0 unspecified atom stereocenters. The third-order valence-electron chi connectivity index (χ3n) is 5.82. The molecule has 1 N–H and O–H groups in total. The Kier molecular flexibility index (Phi) is 5.18. The minimum atomic E-state index is -0.618. The van der Waals surface area contributed by atoms with E-state index in [1.165, 1.54) is 31.4 Å². The van der Waals surface area contributed by atoms with Crippen LogP contribution < -0.4 is 14.8 Å². The minimum absolute atomic E-state index is 0.0199. The van der Waals surface area contributed by atoms with Crippen molar-refractivity contribution in [2.75, 3.05) is 13.7 Å². The van der Waals surface area contributed by atoms with Crippen molar-refractivity contribution in [1.82, 2.24) is 5.32 Å². The Hall–Kier alpha value is -2.67. The molecule has 0 radical (unpaired) electrons. The molecule has 8 heteroatoms. The zero-order valence-electron chi connectivity index (χ0n) is 16.3. The number of hydrogen-bond donors (Lipinski definition) is 1. The molecular formula is C22H20ClF2NO4. The van der Waals surface area contributed by atoms with E-state index in [0.29, 0.717) is 19.3 Å². The lowest BCUT2D eigenvalue weighted by atomic mass is 9.38. The van der Waals surface area contributed by atoms with Gasteiger partial charge in [0.25, 0.3) is 5.91 Å². The monoisotopic (exact) mass is 435 g/mol.